The molecule has 1 fully saturated rings. The summed E-state index contributed by atoms with van der Waals surface area (Å²) in [6.45, 7) is 6.88. The normalized spacial score (nSPS) is 17.2. The van der Waals surface area contributed by atoms with Crippen molar-refractivity contribution in [2.75, 3.05) is 23.7 Å². The van der Waals surface area contributed by atoms with E-state index in [1.807, 2.05) is 0 Å². The molecule has 1 aromatic rings. The molecule has 3 amide bonds. The van der Waals surface area contributed by atoms with Crippen molar-refractivity contribution in [3.63, 3.8) is 0 Å². The van der Waals surface area contributed by atoms with Crippen molar-refractivity contribution in [3.8, 4) is 0 Å². The molecule has 1 saturated heterocycles. The van der Waals surface area contributed by atoms with Crippen LogP contribution in [0.4, 0.5) is 11.4 Å². The monoisotopic (exact) mass is 331 g/mol. The summed E-state index contributed by atoms with van der Waals surface area (Å²) in [4.78, 5) is 37.1. The quantitative estimate of drug-likeness (QED) is 0.840. The third-order valence-electron chi connectivity index (χ3n) is 4.03. The van der Waals surface area contributed by atoms with Crippen LogP contribution in [0.3, 0.4) is 0 Å². The lowest BCUT2D eigenvalue weighted by Crippen LogP contribution is -2.29. The second-order valence-electron chi connectivity index (χ2n) is 6.67. The van der Waals surface area contributed by atoms with Gasteiger partial charge in [-0.15, -0.1) is 0 Å². The van der Waals surface area contributed by atoms with Crippen LogP contribution in [0.25, 0.3) is 0 Å². The maximum atomic E-state index is 12.3. The maximum Gasteiger partial charge on any atom is 0.229 e. The smallest absolute Gasteiger partial charge is 0.229 e. The Labute approximate surface area is 142 Å². The first-order valence-corrected chi connectivity index (χ1v) is 8.31. The number of nitrogens with one attached hydrogen (secondary N) is 2. The number of carbonyl (C=O) groups excluding carboxylic acids is 3. The zero-order chi connectivity index (χ0) is 17.7. The Morgan fingerprint density at radius 2 is 1.75 bits per heavy atom. The minimum absolute atomic E-state index is 0.0526. The third kappa shape index (κ3) is 5.08. The van der Waals surface area contributed by atoms with Gasteiger partial charge in [-0.25, -0.2) is 0 Å². The van der Waals surface area contributed by atoms with E-state index in [-0.39, 0.29) is 30.1 Å². The molecule has 1 aromatic carbocycles. The van der Waals surface area contributed by atoms with Crippen LogP contribution in [0, 0.1) is 11.8 Å². The summed E-state index contributed by atoms with van der Waals surface area (Å²) in [6, 6.07) is 6.92. The zero-order valence-electron chi connectivity index (χ0n) is 14.5. The maximum absolute atomic E-state index is 12.3. The van der Waals surface area contributed by atoms with Gasteiger partial charge in [0.2, 0.25) is 17.7 Å². The van der Waals surface area contributed by atoms with Gasteiger partial charge in [0.25, 0.3) is 0 Å². The van der Waals surface area contributed by atoms with Crippen molar-refractivity contribution in [3.05, 3.63) is 24.3 Å². The number of likely N-dealkylation sites (tertiary alicyclic amines) is 1. The van der Waals surface area contributed by atoms with E-state index in [4.69, 9.17) is 0 Å². The summed E-state index contributed by atoms with van der Waals surface area (Å²) in [7, 11) is 0. The predicted octanol–water partition coefficient (Wildman–Crippen LogP) is 2.48. The Balaban J connectivity index is 1.88. The van der Waals surface area contributed by atoms with E-state index >= 15 is 0 Å². The van der Waals surface area contributed by atoms with Gasteiger partial charge >= 0.3 is 0 Å². The van der Waals surface area contributed by atoms with Gasteiger partial charge < -0.3 is 15.5 Å². The Kier molecular flexibility index (Phi) is 5.95. The molecule has 0 aromatic heterocycles. The highest BCUT2D eigenvalue weighted by Crippen LogP contribution is 2.21. The molecule has 2 rings (SSSR count). The van der Waals surface area contributed by atoms with E-state index in [1.54, 1.807) is 29.2 Å². The first kappa shape index (κ1) is 18.0. The summed E-state index contributed by atoms with van der Waals surface area (Å²) in [5.74, 6) is 0.00436. The molecule has 1 atom stereocenters. The van der Waals surface area contributed by atoms with Gasteiger partial charge in [0, 0.05) is 37.8 Å². The molecule has 24 heavy (non-hydrogen) atoms. The van der Waals surface area contributed by atoms with Crippen molar-refractivity contribution in [1.29, 1.82) is 0 Å². The Morgan fingerprint density at radius 3 is 2.29 bits per heavy atom. The second-order valence-corrected chi connectivity index (χ2v) is 6.67. The minimum Gasteiger partial charge on any atom is -0.342 e. The van der Waals surface area contributed by atoms with Crippen molar-refractivity contribution in [2.24, 2.45) is 11.8 Å². The van der Waals surface area contributed by atoms with Crippen LogP contribution in [0.1, 0.15) is 33.6 Å². The number of carbonyl (C=O) groups is 3. The molecule has 0 radical (unpaired) electrons. The fourth-order valence-electron chi connectivity index (χ4n) is 2.66. The van der Waals surface area contributed by atoms with Gasteiger partial charge in [-0.3, -0.25) is 14.4 Å². The number of rotatable bonds is 6. The average Bonchev–Trinajstić information content (AvgIpc) is 2.88. The van der Waals surface area contributed by atoms with Gasteiger partial charge in [0.05, 0.1) is 5.92 Å². The lowest BCUT2D eigenvalue weighted by atomic mass is 10.1. The average molecular weight is 331 g/mol. The second kappa shape index (κ2) is 7.95. The lowest BCUT2D eigenvalue weighted by Gasteiger charge is -2.17. The molecule has 0 bridgehead atoms. The van der Waals surface area contributed by atoms with Gasteiger partial charge in [-0.05, 0) is 36.6 Å². The van der Waals surface area contributed by atoms with Crippen LogP contribution in [0.2, 0.25) is 0 Å². The molecule has 1 aliphatic heterocycles. The lowest BCUT2D eigenvalue weighted by molar-refractivity contribution is -0.128. The molecule has 130 valence electrons. The van der Waals surface area contributed by atoms with E-state index in [0.717, 1.165) is 6.42 Å². The number of amides is 3. The molecule has 1 aliphatic rings. The number of benzene rings is 1. The summed E-state index contributed by atoms with van der Waals surface area (Å²) in [5, 5.41) is 5.51. The minimum atomic E-state index is -0.306. The molecule has 0 saturated carbocycles. The predicted molar refractivity (Wildman–Crippen MR) is 93.5 cm³/mol. The number of nitrogens with zero attached hydrogens (tertiary/aromatic N) is 1. The van der Waals surface area contributed by atoms with E-state index in [0.29, 0.717) is 30.4 Å². The Bertz CT molecular complexity index is 610. The largest absolute Gasteiger partial charge is 0.342 e. The summed E-state index contributed by atoms with van der Waals surface area (Å²) < 4.78 is 0. The topological polar surface area (TPSA) is 78.5 Å². The zero-order valence-corrected chi connectivity index (χ0v) is 14.5. The first-order chi connectivity index (χ1) is 11.3. The van der Waals surface area contributed by atoms with Gasteiger partial charge in [-0.1, -0.05) is 13.8 Å². The van der Waals surface area contributed by atoms with Crippen molar-refractivity contribution in [1.82, 2.24) is 4.90 Å². The highest BCUT2D eigenvalue weighted by Gasteiger charge is 2.34. The fraction of sp³-hybridized carbons (Fsp3) is 0.500. The molecule has 0 aliphatic carbocycles. The highest BCUT2D eigenvalue weighted by molar-refractivity contribution is 5.97. The van der Waals surface area contributed by atoms with Crippen molar-refractivity contribution in [2.45, 2.75) is 33.6 Å². The van der Waals surface area contributed by atoms with E-state index in [1.165, 1.54) is 6.92 Å². The van der Waals surface area contributed by atoms with Gasteiger partial charge in [0.1, 0.15) is 0 Å². The van der Waals surface area contributed by atoms with Crippen LogP contribution in [0.15, 0.2) is 24.3 Å². The molecule has 6 nitrogen and oxygen atoms in total. The number of hydrogen-bond donors (Lipinski definition) is 2. The highest BCUT2D eigenvalue weighted by atomic mass is 16.2. The van der Waals surface area contributed by atoms with Crippen molar-refractivity contribution >= 4 is 29.1 Å². The van der Waals surface area contributed by atoms with E-state index in [2.05, 4.69) is 24.5 Å². The Morgan fingerprint density at radius 1 is 1.17 bits per heavy atom. The van der Waals surface area contributed by atoms with Crippen LogP contribution in [0.5, 0.6) is 0 Å². The van der Waals surface area contributed by atoms with E-state index in [9.17, 15) is 14.4 Å². The molecule has 6 heteroatoms. The number of anilines is 2. The summed E-state index contributed by atoms with van der Waals surface area (Å²) in [5.41, 5.74) is 1.33. The molecule has 2 N–H and O–H groups in total. The van der Waals surface area contributed by atoms with Crippen LogP contribution < -0.4 is 10.6 Å². The van der Waals surface area contributed by atoms with Crippen molar-refractivity contribution < 1.29 is 14.4 Å². The third-order valence-corrected chi connectivity index (χ3v) is 4.03. The fourth-order valence-corrected chi connectivity index (χ4v) is 2.66. The van der Waals surface area contributed by atoms with E-state index < -0.39 is 0 Å². The van der Waals surface area contributed by atoms with Crippen LogP contribution in [-0.4, -0.2) is 35.7 Å². The van der Waals surface area contributed by atoms with Gasteiger partial charge in [-0.2, -0.15) is 0 Å². The molecular formula is C18H25N3O3. The molecule has 0 spiro atoms. The Hall–Kier alpha value is -2.37. The molecule has 1 unspecified atom stereocenters. The van der Waals surface area contributed by atoms with Crippen LogP contribution >= 0.6 is 0 Å². The standard InChI is InChI=1S/C18H25N3O3/c1-12(2)8-9-21-11-14(10-17(21)23)18(24)20-16-6-4-15(5-7-16)19-13(3)22/h4-7,12,14H,8-11H2,1-3H3,(H,19,22)(H,20,24). The summed E-state index contributed by atoms with van der Waals surface area (Å²) in [6.07, 6.45) is 1.22. The number of hydrogen-bond acceptors (Lipinski definition) is 3. The molecule has 1 heterocycles. The van der Waals surface area contributed by atoms with Gasteiger partial charge in [0.15, 0.2) is 0 Å². The van der Waals surface area contributed by atoms with Crippen LogP contribution in [-0.2, 0) is 14.4 Å². The SMILES string of the molecule is CC(=O)Nc1ccc(NC(=O)C2CC(=O)N(CCC(C)C)C2)cc1. The molecular weight excluding hydrogens is 306 g/mol. The first-order valence-electron chi connectivity index (χ1n) is 8.31. The summed E-state index contributed by atoms with van der Waals surface area (Å²) >= 11 is 0.